The van der Waals surface area contributed by atoms with Gasteiger partial charge in [0, 0.05) is 28.8 Å². The number of aryl methyl sites for hydroxylation is 1. The van der Waals surface area contributed by atoms with Crippen LogP contribution in [-0.4, -0.2) is 16.5 Å². The van der Waals surface area contributed by atoms with E-state index in [2.05, 4.69) is 38.1 Å². The number of hydrogen-bond donors (Lipinski definition) is 1. The highest BCUT2D eigenvalue weighted by Crippen LogP contribution is 2.27. The van der Waals surface area contributed by atoms with Crippen LogP contribution < -0.4 is 10.1 Å². The number of ether oxygens (including phenoxy) is 1. The highest BCUT2D eigenvalue weighted by atomic mass is 79.9. The van der Waals surface area contributed by atoms with E-state index in [1.807, 2.05) is 6.92 Å². The van der Waals surface area contributed by atoms with Gasteiger partial charge in [0.05, 0.1) is 0 Å². The van der Waals surface area contributed by atoms with Crippen LogP contribution >= 0.6 is 15.9 Å². The highest BCUT2D eigenvalue weighted by Gasteiger charge is 2.08. The van der Waals surface area contributed by atoms with Gasteiger partial charge in [-0.3, -0.25) is 0 Å². The summed E-state index contributed by atoms with van der Waals surface area (Å²) in [5, 5.41) is 3.08. The third-order valence-corrected chi connectivity index (χ3v) is 2.97. The first-order chi connectivity index (χ1) is 9.58. The summed E-state index contributed by atoms with van der Waals surface area (Å²) in [4.78, 5) is 8.45. The van der Waals surface area contributed by atoms with Crippen molar-refractivity contribution in [3.05, 3.63) is 40.2 Å². The highest BCUT2D eigenvalue weighted by molar-refractivity contribution is 9.10. The predicted molar refractivity (Wildman–Crippen MR) is 79.7 cm³/mol. The Morgan fingerprint density at radius 3 is 2.85 bits per heavy atom. The molecule has 1 N–H and O–H groups in total. The number of rotatable bonds is 5. The van der Waals surface area contributed by atoms with Crippen molar-refractivity contribution in [3.8, 4) is 11.6 Å². The van der Waals surface area contributed by atoms with Crippen LogP contribution in [0.5, 0.6) is 11.6 Å². The minimum absolute atomic E-state index is 0.370. The molecule has 0 atom stereocenters. The fourth-order valence-electron chi connectivity index (χ4n) is 1.55. The topological polar surface area (TPSA) is 47.0 Å². The molecule has 20 heavy (non-hydrogen) atoms. The molecule has 2 aromatic rings. The van der Waals surface area contributed by atoms with Crippen molar-refractivity contribution in [1.82, 2.24) is 9.97 Å². The van der Waals surface area contributed by atoms with Gasteiger partial charge in [0.15, 0.2) is 0 Å². The molecule has 0 unspecified atom stereocenters. The van der Waals surface area contributed by atoms with Crippen molar-refractivity contribution < 1.29 is 9.13 Å². The fourth-order valence-corrected chi connectivity index (χ4v) is 2.00. The van der Waals surface area contributed by atoms with E-state index in [4.69, 9.17) is 4.74 Å². The maximum Gasteiger partial charge on any atom is 0.226 e. The number of aromatic nitrogens is 2. The Morgan fingerprint density at radius 1 is 1.35 bits per heavy atom. The Balaban J connectivity index is 2.23. The number of benzene rings is 1. The fraction of sp³-hybridized carbons (Fsp3) is 0.286. The molecule has 4 nitrogen and oxygen atoms in total. The average Bonchev–Trinajstić information content (AvgIpc) is 2.38. The Labute approximate surface area is 125 Å². The van der Waals surface area contributed by atoms with Crippen LogP contribution in [0.3, 0.4) is 0 Å². The van der Waals surface area contributed by atoms with Crippen molar-refractivity contribution in [2.75, 3.05) is 11.9 Å². The second kappa shape index (κ2) is 6.65. The van der Waals surface area contributed by atoms with Crippen LogP contribution in [0.4, 0.5) is 10.3 Å². The summed E-state index contributed by atoms with van der Waals surface area (Å²) in [6.07, 6.45) is 2.65. The van der Waals surface area contributed by atoms with Gasteiger partial charge in [0.2, 0.25) is 11.8 Å². The Kier molecular flexibility index (Phi) is 4.89. The van der Waals surface area contributed by atoms with Crippen LogP contribution in [0, 0.1) is 12.7 Å². The van der Waals surface area contributed by atoms with E-state index in [9.17, 15) is 4.39 Å². The smallest absolute Gasteiger partial charge is 0.226 e. The van der Waals surface area contributed by atoms with Gasteiger partial charge >= 0.3 is 0 Å². The van der Waals surface area contributed by atoms with Gasteiger partial charge in [0.1, 0.15) is 11.6 Å². The van der Waals surface area contributed by atoms with Gasteiger partial charge in [-0.1, -0.05) is 22.9 Å². The zero-order valence-corrected chi connectivity index (χ0v) is 12.9. The van der Waals surface area contributed by atoms with Gasteiger partial charge in [0.25, 0.3) is 0 Å². The molecule has 1 heterocycles. The number of nitrogens with one attached hydrogen (secondary N) is 1. The van der Waals surface area contributed by atoms with Crippen molar-refractivity contribution in [2.24, 2.45) is 0 Å². The van der Waals surface area contributed by atoms with Crippen LogP contribution in [0.25, 0.3) is 0 Å². The molecule has 0 amide bonds. The van der Waals surface area contributed by atoms with E-state index in [1.165, 1.54) is 12.1 Å². The number of halogens is 2. The Bertz CT molecular complexity index is 587. The summed E-state index contributed by atoms with van der Waals surface area (Å²) < 4.78 is 19.6. The second-order valence-electron chi connectivity index (χ2n) is 4.32. The van der Waals surface area contributed by atoms with Crippen LogP contribution in [-0.2, 0) is 0 Å². The lowest BCUT2D eigenvalue weighted by Crippen LogP contribution is -2.05. The molecule has 0 saturated heterocycles. The molecule has 106 valence electrons. The summed E-state index contributed by atoms with van der Waals surface area (Å²) in [7, 11) is 0. The lowest BCUT2D eigenvalue weighted by molar-refractivity contribution is 0.453. The summed E-state index contributed by atoms with van der Waals surface area (Å²) in [5.41, 5.74) is 0.785. The normalized spacial score (nSPS) is 10.4. The molecule has 0 fully saturated rings. The molecule has 0 aliphatic heterocycles. The van der Waals surface area contributed by atoms with Crippen molar-refractivity contribution >= 4 is 21.9 Å². The molecule has 6 heteroatoms. The summed E-state index contributed by atoms with van der Waals surface area (Å²) in [6, 6.07) is 4.36. The van der Waals surface area contributed by atoms with Crippen molar-refractivity contribution in [2.45, 2.75) is 20.3 Å². The third-order valence-electron chi connectivity index (χ3n) is 2.51. The van der Waals surface area contributed by atoms with Crippen LogP contribution in [0.2, 0.25) is 0 Å². The van der Waals surface area contributed by atoms with E-state index in [0.29, 0.717) is 22.1 Å². The SMILES string of the molecule is CCCNc1ncc(C)c(Oc2cc(F)cc(Br)c2)n1. The number of anilines is 1. The van der Waals surface area contributed by atoms with Gasteiger partial charge in [-0.15, -0.1) is 0 Å². The van der Waals surface area contributed by atoms with E-state index in [-0.39, 0.29) is 5.82 Å². The van der Waals surface area contributed by atoms with Gasteiger partial charge < -0.3 is 10.1 Å². The molecule has 0 spiro atoms. The quantitative estimate of drug-likeness (QED) is 0.882. The molecule has 0 bridgehead atoms. The molecule has 1 aromatic heterocycles. The zero-order chi connectivity index (χ0) is 14.5. The minimum atomic E-state index is -0.370. The first kappa shape index (κ1) is 14.7. The van der Waals surface area contributed by atoms with Crippen LogP contribution in [0.15, 0.2) is 28.9 Å². The van der Waals surface area contributed by atoms with E-state index in [1.54, 1.807) is 12.3 Å². The first-order valence-electron chi connectivity index (χ1n) is 6.30. The number of hydrogen-bond acceptors (Lipinski definition) is 4. The predicted octanol–water partition coefficient (Wildman–Crippen LogP) is 4.30. The molecule has 0 radical (unpaired) electrons. The first-order valence-corrected chi connectivity index (χ1v) is 7.09. The lowest BCUT2D eigenvalue weighted by Gasteiger charge is -2.10. The van der Waals surface area contributed by atoms with Gasteiger partial charge in [-0.2, -0.15) is 4.98 Å². The average molecular weight is 340 g/mol. The second-order valence-corrected chi connectivity index (χ2v) is 5.23. The van der Waals surface area contributed by atoms with Gasteiger partial charge in [-0.25, -0.2) is 9.37 Å². The summed E-state index contributed by atoms with van der Waals surface area (Å²) >= 11 is 3.23. The lowest BCUT2D eigenvalue weighted by atomic mass is 10.3. The molecule has 2 rings (SSSR count). The molecule has 0 saturated carbocycles. The van der Waals surface area contributed by atoms with E-state index in [0.717, 1.165) is 18.5 Å². The number of nitrogens with zero attached hydrogens (tertiary/aromatic N) is 2. The summed E-state index contributed by atoms with van der Waals surface area (Å²) in [6.45, 7) is 4.68. The molecular formula is C14H15BrFN3O. The zero-order valence-electron chi connectivity index (χ0n) is 11.3. The largest absolute Gasteiger partial charge is 0.438 e. The standard InChI is InChI=1S/C14H15BrFN3O/c1-3-4-17-14-18-8-9(2)13(19-14)20-12-6-10(15)5-11(16)7-12/h5-8H,3-4H2,1-2H3,(H,17,18,19). The summed E-state index contributed by atoms with van der Waals surface area (Å²) in [5.74, 6) is 0.935. The Hall–Kier alpha value is -1.69. The Morgan fingerprint density at radius 2 is 2.15 bits per heavy atom. The molecule has 1 aromatic carbocycles. The maximum absolute atomic E-state index is 13.3. The van der Waals surface area contributed by atoms with E-state index < -0.39 is 0 Å². The van der Waals surface area contributed by atoms with Crippen molar-refractivity contribution in [1.29, 1.82) is 0 Å². The van der Waals surface area contributed by atoms with E-state index >= 15 is 0 Å². The van der Waals surface area contributed by atoms with Gasteiger partial charge in [-0.05, 0) is 25.5 Å². The monoisotopic (exact) mass is 339 g/mol. The van der Waals surface area contributed by atoms with Crippen molar-refractivity contribution in [3.63, 3.8) is 0 Å². The molecule has 0 aliphatic carbocycles. The third kappa shape index (κ3) is 3.90. The van der Waals surface area contributed by atoms with Crippen LogP contribution in [0.1, 0.15) is 18.9 Å². The molecular weight excluding hydrogens is 325 g/mol. The molecule has 0 aliphatic rings. The maximum atomic E-state index is 13.3. The minimum Gasteiger partial charge on any atom is -0.438 e.